The molecule has 0 aromatic heterocycles. The van der Waals surface area contributed by atoms with E-state index < -0.39 is 35.9 Å². The number of esters is 2. The van der Waals surface area contributed by atoms with Crippen molar-refractivity contribution >= 4 is 11.9 Å². The van der Waals surface area contributed by atoms with Gasteiger partial charge in [0.1, 0.15) is 17.8 Å². The van der Waals surface area contributed by atoms with E-state index in [0.717, 1.165) is 18.4 Å². The molecule has 1 saturated heterocycles. The predicted octanol–water partition coefficient (Wildman–Crippen LogP) is 4.02. The van der Waals surface area contributed by atoms with Gasteiger partial charge in [0.2, 0.25) is 0 Å². The molecule has 216 valence electrons. The Hall–Kier alpha value is -2.00. The summed E-state index contributed by atoms with van der Waals surface area (Å²) >= 11 is 0. The summed E-state index contributed by atoms with van der Waals surface area (Å²) in [5.41, 5.74) is -0.580. The fourth-order valence-corrected chi connectivity index (χ4v) is 4.97. The van der Waals surface area contributed by atoms with E-state index in [1.165, 1.54) is 6.92 Å². The van der Waals surface area contributed by atoms with Crippen LogP contribution in [0.15, 0.2) is 36.0 Å². The second-order valence-corrected chi connectivity index (χ2v) is 11.4. The maximum absolute atomic E-state index is 12.6. The highest BCUT2D eigenvalue weighted by Gasteiger charge is 2.45. The van der Waals surface area contributed by atoms with Gasteiger partial charge in [-0.1, -0.05) is 52.0 Å². The zero-order valence-corrected chi connectivity index (χ0v) is 24.0. The summed E-state index contributed by atoms with van der Waals surface area (Å²) in [6, 6.07) is 0. The van der Waals surface area contributed by atoms with Gasteiger partial charge < -0.3 is 29.5 Å². The van der Waals surface area contributed by atoms with E-state index in [4.69, 9.17) is 14.2 Å². The third kappa shape index (κ3) is 9.95. The van der Waals surface area contributed by atoms with Crippen molar-refractivity contribution in [1.29, 1.82) is 0 Å². The lowest BCUT2D eigenvalue weighted by Crippen LogP contribution is -2.42. The Morgan fingerprint density at radius 3 is 2.61 bits per heavy atom. The highest BCUT2D eigenvalue weighted by molar-refractivity contribution is 5.70. The monoisotopic (exact) mass is 536 g/mol. The van der Waals surface area contributed by atoms with Gasteiger partial charge in [-0.15, -0.1) is 0 Å². The Morgan fingerprint density at radius 2 is 1.97 bits per heavy atom. The van der Waals surface area contributed by atoms with E-state index in [2.05, 4.69) is 13.0 Å². The van der Waals surface area contributed by atoms with Crippen molar-refractivity contribution in [2.75, 3.05) is 0 Å². The van der Waals surface area contributed by atoms with Gasteiger partial charge in [-0.2, -0.15) is 0 Å². The standard InChI is InChI=1S/C30H48O8/c1-8-24(33)21(5)29-25(37-29)16-18(2)10-9-11-19(3)28-20(4)12-13-26(36-22(6)31)30(7,35)15-14-23(32)17-27(34)38-28/h9-13,18,20-21,23-26,28-29,32-33,35H,8,14-17H2,1-7H3/b10-9+,13-12+,19-11+/t18-,20-,21+,23+,24-,25+,26-,28-,29+,30-/m0/s1. The van der Waals surface area contributed by atoms with Crippen molar-refractivity contribution in [1.82, 2.24) is 0 Å². The quantitative estimate of drug-likeness (QED) is 0.175. The minimum atomic E-state index is -1.40. The Bertz CT molecular complexity index is 875. The first-order valence-electron chi connectivity index (χ1n) is 13.9. The summed E-state index contributed by atoms with van der Waals surface area (Å²) in [5, 5.41) is 31.3. The third-order valence-electron chi connectivity index (χ3n) is 7.63. The van der Waals surface area contributed by atoms with E-state index in [1.807, 2.05) is 39.8 Å². The molecule has 0 aromatic carbocycles. The van der Waals surface area contributed by atoms with E-state index >= 15 is 0 Å². The molecule has 1 fully saturated rings. The summed E-state index contributed by atoms with van der Waals surface area (Å²) in [7, 11) is 0. The van der Waals surface area contributed by atoms with Crippen molar-refractivity contribution < 1.29 is 39.1 Å². The minimum absolute atomic E-state index is 0.105. The van der Waals surface area contributed by atoms with Gasteiger partial charge >= 0.3 is 11.9 Å². The molecule has 0 amide bonds. The molecule has 0 saturated carbocycles. The fraction of sp³-hybridized carbons (Fsp3) is 0.733. The fourth-order valence-electron chi connectivity index (χ4n) is 4.97. The molecule has 2 aliphatic rings. The number of cyclic esters (lactones) is 1. The lowest BCUT2D eigenvalue weighted by atomic mass is 9.88. The van der Waals surface area contributed by atoms with Crippen molar-refractivity contribution in [3.63, 3.8) is 0 Å². The second kappa shape index (κ2) is 14.4. The van der Waals surface area contributed by atoms with E-state index in [0.29, 0.717) is 0 Å². The zero-order valence-electron chi connectivity index (χ0n) is 24.0. The zero-order chi connectivity index (χ0) is 28.6. The van der Waals surface area contributed by atoms with Crippen LogP contribution < -0.4 is 0 Å². The molecule has 0 spiro atoms. The van der Waals surface area contributed by atoms with E-state index in [9.17, 15) is 24.9 Å². The molecule has 8 heteroatoms. The van der Waals surface area contributed by atoms with Crippen LogP contribution in [0.3, 0.4) is 0 Å². The number of aliphatic hydroxyl groups excluding tert-OH is 2. The lowest BCUT2D eigenvalue weighted by Gasteiger charge is -2.32. The van der Waals surface area contributed by atoms with E-state index in [-0.39, 0.29) is 55.3 Å². The largest absolute Gasteiger partial charge is 0.457 e. The minimum Gasteiger partial charge on any atom is -0.457 e. The van der Waals surface area contributed by atoms with Gasteiger partial charge in [-0.25, -0.2) is 0 Å². The molecule has 3 N–H and O–H groups in total. The molecule has 10 atom stereocenters. The van der Waals surface area contributed by atoms with E-state index in [1.54, 1.807) is 19.1 Å². The molecule has 2 aliphatic heterocycles. The van der Waals surface area contributed by atoms with Crippen LogP contribution >= 0.6 is 0 Å². The lowest BCUT2D eigenvalue weighted by molar-refractivity contribution is -0.157. The van der Waals surface area contributed by atoms with Crippen LogP contribution in [-0.2, 0) is 23.8 Å². The molecule has 38 heavy (non-hydrogen) atoms. The molecule has 0 radical (unpaired) electrons. The van der Waals surface area contributed by atoms with Gasteiger partial charge in [0.25, 0.3) is 0 Å². The summed E-state index contributed by atoms with van der Waals surface area (Å²) in [6.45, 7) is 12.7. The van der Waals surface area contributed by atoms with Crippen molar-refractivity contribution in [2.45, 2.75) is 123 Å². The first-order chi connectivity index (χ1) is 17.7. The summed E-state index contributed by atoms with van der Waals surface area (Å²) < 4.78 is 16.9. The third-order valence-corrected chi connectivity index (χ3v) is 7.63. The average Bonchev–Trinajstić information content (AvgIpc) is 3.60. The number of carbonyl (C=O) groups is 2. The normalized spacial score (nSPS) is 36.4. The molecule has 2 rings (SSSR count). The number of rotatable bonds is 9. The molecule has 0 aliphatic carbocycles. The maximum atomic E-state index is 12.6. The number of carbonyl (C=O) groups excluding carboxylic acids is 2. The number of hydrogen-bond donors (Lipinski definition) is 3. The Morgan fingerprint density at radius 1 is 1.29 bits per heavy atom. The van der Waals surface area contributed by atoms with Crippen LogP contribution in [0.1, 0.15) is 80.6 Å². The molecule has 2 heterocycles. The average molecular weight is 537 g/mol. The molecule has 0 unspecified atom stereocenters. The van der Waals surface area contributed by atoms with Crippen molar-refractivity contribution in [2.24, 2.45) is 17.8 Å². The maximum Gasteiger partial charge on any atom is 0.309 e. The summed E-state index contributed by atoms with van der Waals surface area (Å²) in [4.78, 5) is 24.2. The van der Waals surface area contributed by atoms with Crippen LogP contribution in [0.25, 0.3) is 0 Å². The molecule has 0 aromatic rings. The number of hydrogen-bond acceptors (Lipinski definition) is 8. The van der Waals surface area contributed by atoms with Gasteiger partial charge in [0, 0.05) is 18.8 Å². The highest BCUT2D eigenvalue weighted by atomic mass is 16.6. The van der Waals surface area contributed by atoms with Crippen molar-refractivity contribution in [3.8, 4) is 0 Å². The summed E-state index contributed by atoms with van der Waals surface area (Å²) in [5.74, 6) is -0.921. The van der Waals surface area contributed by atoms with Crippen LogP contribution in [-0.4, -0.2) is 69.5 Å². The SMILES string of the molecule is CC[C@H](O)[C@@H](C)[C@H]1O[C@@H]1C[C@@H](C)/C=C/C=C(\C)[C@@H]1OC(=O)C[C@H](O)CC[C@](C)(O)[C@@H](OC(C)=O)/C=C/[C@@H]1C. The van der Waals surface area contributed by atoms with Gasteiger partial charge in [-0.05, 0) is 57.1 Å². The van der Waals surface area contributed by atoms with Crippen LogP contribution in [0.4, 0.5) is 0 Å². The Kier molecular flexibility index (Phi) is 12.2. The number of ether oxygens (including phenoxy) is 3. The molecular formula is C30H48O8. The van der Waals surface area contributed by atoms with Crippen LogP contribution in [0.2, 0.25) is 0 Å². The van der Waals surface area contributed by atoms with Crippen molar-refractivity contribution in [3.05, 3.63) is 36.0 Å². The van der Waals surface area contributed by atoms with Gasteiger partial charge in [0.15, 0.2) is 0 Å². The smallest absolute Gasteiger partial charge is 0.309 e. The topological polar surface area (TPSA) is 126 Å². The molecular weight excluding hydrogens is 488 g/mol. The molecule has 0 bridgehead atoms. The Balaban J connectivity index is 2.12. The predicted molar refractivity (Wildman–Crippen MR) is 145 cm³/mol. The van der Waals surface area contributed by atoms with Gasteiger partial charge in [0.05, 0.1) is 30.8 Å². The van der Waals surface area contributed by atoms with Crippen LogP contribution in [0, 0.1) is 17.8 Å². The number of epoxide rings is 1. The number of aliphatic hydroxyl groups is 3. The number of allylic oxidation sites excluding steroid dienone is 3. The first-order valence-corrected chi connectivity index (χ1v) is 13.9. The molecule has 8 nitrogen and oxygen atoms in total. The summed E-state index contributed by atoms with van der Waals surface area (Å²) in [6.07, 6.45) is 8.50. The highest BCUT2D eigenvalue weighted by Crippen LogP contribution is 2.36. The van der Waals surface area contributed by atoms with Gasteiger partial charge in [-0.3, -0.25) is 9.59 Å². The second-order valence-electron chi connectivity index (χ2n) is 11.4. The van der Waals surface area contributed by atoms with Crippen LogP contribution in [0.5, 0.6) is 0 Å². The first kappa shape index (κ1) is 32.2. The Labute approximate surface area is 227 Å².